The van der Waals surface area contributed by atoms with Crippen LogP contribution in [0, 0.1) is 0 Å². The molecule has 1 saturated carbocycles. The van der Waals surface area contributed by atoms with Crippen LogP contribution in [0.5, 0.6) is 5.75 Å². The Morgan fingerprint density at radius 1 is 1.43 bits per heavy atom. The van der Waals surface area contributed by atoms with E-state index in [-0.39, 0.29) is 11.7 Å². The van der Waals surface area contributed by atoms with Crippen LogP contribution in [0.4, 0.5) is 0 Å². The number of carbonyl (C=O) groups is 1. The maximum Gasteiger partial charge on any atom is 0.324 e. The molecule has 74 valence electrons. The van der Waals surface area contributed by atoms with Crippen LogP contribution >= 0.6 is 0 Å². The van der Waals surface area contributed by atoms with Gasteiger partial charge in [-0.3, -0.25) is 4.79 Å². The number of rotatable bonds is 2. The summed E-state index contributed by atoms with van der Waals surface area (Å²) in [6, 6.07) is 6.49. The van der Waals surface area contributed by atoms with E-state index in [0.29, 0.717) is 6.42 Å². The van der Waals surface area contributed by atoms with Gasteiger partial charge in [-0.1, -0.05) is 12.1 Å². The smallest absolute Gasteiger partial charge is 0.324 e. The van der Waals surface area contributed by atoms with Crippen molar-refractivity contribution in [2.24, 2.45) is 5.73 Å². The monoisotopic (exact) mass is 193 g/mol. The van der Waals surface area contributed by atoms with E-state index < -0.39 is 11.5 Å². The molecule has 14 heavy (non-hydrogen) atoms. The van der Waals surface area contributed by atoms with E-state index in [1.807, 2.05) is 0 Å². The summed E-state index contributed by atoms with van der Waals surface area (Å²) in [5, 5.41) is 17.9. The summed E-state index contributed by atoms with van der Waals surface area (Å²) in [4.78, 5) is 10.8. The fourth-order valence-corrected chi connectivity index (χ4v) is 1.64. The standard InChI is InChI=1S/C10H11NO3/c11-10(9(13)14)5-8(10)6-1-3-7(12)4-2-6/h1-4,8,12H,5,11H2,(H,13,14)/t8?,10-/m0/s1. The summed E-state index contributed by atoms with van der Waals surface area (Å²) < 4.78 is 0. The number of hydrogen-bond donors (Lipinski definition) is 3. The zero-order valence-corrected chi connectivity index (χ0v) is 7.47. The van der Waals surface area contributed by atoms with Gasteiger partial charge >= 0.3 is 5.97 Å². The molecule has 1 aromatic rings. The highest BCUT2D eigenvalue weighted by atomic mass is 16.4. The Hall–Kier alpha value is -1.55. The highest BCUT2D eigenvalue weighted by molar-refractivity contribution is 5.84. The van der Waals surface area contributed by atoms with Crippen LogP contribution in [0.25, 0.3) is 0 Å². The van der Waals surface area contributed by atoms with E-state index in [2.05, 4.69) is 0 Å². The molecule has 0 aromatic heterocycles. The first-order valence-electron chi connectivity index (χ1n) is 4.35. The molecule has 1 aliphatic rings. The highest BCUT2D eigenvalue weighted by Gasteiger charge is 2.58. The molecule has 4 heteroatoms. The molecule has 4 nitrogen and oxygen atoms in total. The van der Waals surface area contributed by atoms with Gasteiger partial charge in [-0.15, -0.1) is 0 Å². The predicted octanol–water partition coefficient (Wildman–Crippen LogP) is 0.662. The molecule has 1 aromatic carbocycles. The topological polar surface area (TPSA) is 83.6 Å². The summed E-state index contributed by atoms with van der Waals surface area (Å²) in [7, 11) is 0. The lowest BCUT2D eigenvalue weighted by molar-refractivity contribution is -0.139. The Labute approximate surface area is 81.0 Å². The average molecular weight is 193 g/mol. The van der Waals surface area contributed by atoms with E-state index >= 15 is 0 Å². The van der Waals surface area contributed by atoms with Crippen molar-refractivity contribution in [3.8, 4) is 5.75 Å². The molecule has 0 amide bonds. The van der Waals surface area contributed by atoms with Gasteiger partial charge in [0, 0.05) is 5.92 Å². The predicted molar refractivity (Wildman–Crippen MR) is 50.0 cm³/mol. The molecule has 2 atom stereocenters. The summed E-state index contributed by atoms with van der Waals surface area (Å²) in [6.45, 7) is 0. The quantitative estimate of drug-likeness (QED) is 0.644. The van der Waals surface area contributed by atoms with Crippen molar-refractivity contribution < 1.29 is 15.0 Å². The second-order valence-corrected chi connectivity index (χ2v) is 3.69. The minimum absolute atomic E-state index is 0.124. The van der Waals surface area contributed by atoms with Crippen LogP contribution in [0.3, 0.4) is 0 Å². The minimum Gasteiger partial charge on any atom is -0.508 e. The highest BCUT2D eigenvalue weighted by Crippen LogP contribution is 2.49. The van der Waals surface area contributed by atoms with Gasteiger partial charge in [0.25, 0.3) is 0 Å². The van der Waals surface area contributed by atoms with Crippen molar-refractivity contribution in [1.82, 2.24) is 0 Å². The number of carboxylic acid groups (broad SMARTS) is 1. The molecule has 1 unspecified atom stereocenters. The van der Waals surface area contributed by atoms with E-state index in [4.69, 9.17) is 15.9 Å². The van der Waals surface area contributed by atoms with Gasteiger partial charge in [-0.25, -0.2) is 0 Å². The van der Waals surface area contributed by atoms with Gasteiger partial charge < -0.3 is 15.9 Å². The normalized spacial score (nSPS) is 29.9. The molecule has 0 radical (unpaired) electrons. The van der Waals surface area contributed by atoms with Crippen LogP contribution in [0.1, 0.15) is 17.9 Å². The lowest BCUT2D eigenvalue weighted by Gasteiger charge is -2.05. The zero-order valence-electron chi connectivity index (χ0n) is 7.47. The van der Waals surface area contributed by atoms with Gasteiger partial charge in [-0.05, 0) is 24.1 Å². The SMILES string of the molecule is N[C@@]1(C(=O)O)CC1c1ccc(O)cc1. The van der Waals surface area contributed by atoms with Gasteiger partial charge in [0.2, 0.25) is 0 Å². The van der Waals surface area contributed by atoms with Crippen molar-refractivity contribution in [2.45, 2.75) is 17.9 Å². The maximum absolute atomic E-state index is 10.8. The average Bonchev–Trinajstić information content (AvgIpc) is 2.81. The van der Waals surface area contributed by atoms with Crippen LogP contribution in [0.15, 0.2) is 24.3 Å². The Balaban J connectivity index is 2.21. The van der Waals surface area contributed by atoms with Crippen molar-refractivity contribution in [3.63, 3.8) is 0 Å². The van der Waals surface area contributed by atoms with Crippen LogP contribution < -0.4 is 5.73 Å². The number of carboxylic acids is 1. The van der Waals surface area contributed by atoms with E-state index in [1.165, 1.54) is 12.1 Å². The molecule has 0 bridgehead atoms. The lowest BCUT2D eigenvalue weighted by Crippen LogP contribution is -2.34. The fraction of sp³-hybridized carbons (Fsp3) is 0.300. The molecule has 0 heterocycles. The van der Waals surface area contributed by atoms with Crippen molar-refractivity contribution in [3.05, 3.63) is 29.8 Å². The van der Waals surface area contributed by atoms with Gasteiger partial charge in [0.15, 0.2) is 0 Å². The van der Waals surface area contributed by atoms with E-state index in [1.54, 1.807) is 12.1 Å². The first-order valence-corrected chi connectivity index (χ1v) is 4.35. The third-order valence-electron chi connectivity index (χ3n) is 2.70. The van der Waals surface area contributed by atoms with E-state index in [0.717, 1.165) is 5.56 Å². The number of phenolic OH excluding ortho intramolecular Hbond substituents is 1. The molecule has 4 N–H and O–H groups in total. The summed E-state index contributed by atoms with van der Waals surface area (Å²) >= 11 is 0. The van der Waals surface area contributed by atoms with Gasteiger partial charge in [0.1, 0.15) is 11.3 Å². The fourth-order valence-electron chi connectivity index (χ4n) is 1.64. The zero-order chi connectivity index (χ0) is 10.3. The number of aromatic hydroxyl groups is 1. The van der Waals surface area contributed by atoms with Crippen molar-refractivity contribution in [1.29, 1.82) is 0 Å². The van der Waals surface area contributed by atoms with Crippen LogP contribution in [-0.2, 0) is 4.79 Å². The molecule has 0 aliphatic heterocycles. The number of nitrogens with two attached hydrogens (primary N) is 1. The molecule has 2 rings (SSSR count). The number of aliphatic carboxylic acids is 1. The third-order valence-corrected chi connectivity index (χ3v) is 2.70. The Bertz CT molecular complexity index is 373. The maximum atomic E-state index is 10.8. The molecule has 1 aliphatic carbocycles. The lowest BCUT2D eigenvalue weighted by atomic mass is 10.1. The number of hydrogen-bond acceptors (Lipinski definition) is 3. The first kappa shape index (κ1) is 9.02. The molecule has 1 fully saturated rings. The minimum atomic E-state index is -1.10. The van der Waals surface area contributed by atoms with E-state index in [9.17, 15) is 4.79 Å². The summed E-state index contributed by atoms with van der Waals surface area (Å²) in [5.41, 5.74) is 5.41. The second-order valence-electron chi connectivity index (χ2n) is 3.69. The van der Waals surface area contributed by atoms with Crippen molar-refractivity contribution >= 4 is 5.97 Å². The van der Waals surface area contributed by atoms with Gasteiger partial charge in [-0.2, -0.15) is 0 Å². The number of phenols is 1. The Kier molecular flexibility index (Phi) is 1.75. The van der Waals surface area contributed by atoms with Crippen LogP contribution in [0.2, 0.25) is 0 Å². The third kappa shape index (κ3) is 1.24. The second kappa shape index (κ2) is 2.72. The largest absolute Gasteiger partial charge is 0.508 e. The summed E-state index contributed by atoms with van der Waals surface area (Å²) in [6.07, 6.45) is 0.465. The first-order chi connectivity index (χ1) is 6.54. The Morgan fingerprint density at radius 3 is 2.43 bits per heavy atom. The molecule has 0 spiro atoms. The van der Waals surface area contributed by atoms with Crippen molar-refractivity contribution in [2.75, 3.05) is 0 Å². The summed E-state index contributed by atoms with van der Waals surface area (Å²) in [5.74, 6) is -0.913. The number of benzene rings is 1. The Morgan fingerprint density at radius 2 is 2.00 bits per heavy atom. The molecular formula is C10H11NO3. The molecule has 0 saturated heterocycles. The molecular weight excluding hydrogens is 182 g/mol. The van der Waals surface area contributed by atoms with Crippen LogP contribution in [-0.4, -0.2) is 21.7 Å². The van der Waals surface area contributed by atoms with Gasteiger partial charge in [0.05, 0.1) is 0 Å².